The number of methoxy groups -OCH3 is 1. The van der Waals surface area contributed by atoms with Gasteiger partial charge in [-0.05, 0) is 31.4 Å². The molecule has 2 N–H and O–H groups in total. The highest BCUT2D eigenvalue weighted by Gasteiger charge is 2.25. The van der Waals surface area contributed by atoms with Crippen molar-refractivity contribution in [3.63, 3.8) is 0 Å². The summed E-state index contributed by atoms with van der Waals surface area (Å²) in [7, 11) is -2.46. The molecule has 94 valence electrons. The lowest BCUT2D eigenvalue weighted by molar-refractivity contribution is 0.116. The second-order valence-electron chi connectivity index (χ2n) is 4.00. The Hall–Kier alpha value is -1.27. The van der Waals surface area contributed by atoms with Crippen molar-refractivity contribution in [2.24, 2.45) is 5.14 Å². The Morgan fingerprint density at radius 1 is 1.29 bits per heavy atom. The van der Waals surface area contributed by atoms with Crippen molar-refractivity contribution >= 4 is 10.0 Å². The van der Waals surface area contributed by atoms with E-state index in [2.05, 4.69) is 0 Å². The summed E-state index contributed by atoms with van der Waals surface area (Å²) in [5.41, 5.74) is 0. The molecule has 0 spiro atoms. The van der Waals surface area contributed by atoms with Crippen molar-refractivity contribution in [1.82, 2.24) is 0 Å². The van der Waals surface area contributed by atoms with Crippen molar-refractivity contribution in [1.29, 1.82) is 0 Å². The number of nitrogens with two attached hydrogens (primary N) is 1. The molecule has 0 atom stereocenters. The monoisotopic (exact) mass is 257 g/mol. The second-order valence-corrected chi connectivity index (χ2v) is 5.50. The summed E-state index contributed by atoms with van der Waals surface area (Å²) in [4.78, 5) is -0.0746. The summed E-state index contributed by atoms with van der Waals surface area (Å²) in [6.45, 7) is 0. The Morgan fingerprint density at radius 2 is 1.94 bits per heavy atom. The van der Waals surface area contributed by atoms with Crippen molar-refractivity contribution in [2.45, 2.75) is 30.3 Å². The van der Waals surface area contributed by atoms with Gasteiger partial charge in [-0.1, -0.05) is 6.07 Å². The lowest BCUT2D eigenvalue weighted by Gasteiger charge is -2.27. The number of benzene rings is 1. The van der Waals surface area contributed by atoms with Crippen LogP contribution in [0, 0.1) is 0 Å². The minimum atomic E-state index is -3.86. The zero-order valence-electron chi connectivity index (χ0n) is 9.55. The summed E-state index contributed by atoms with van der Waals surface area (Å²) in [5, 5.41) is 5.18. The topological polar surface area (TPSA) is 78.6 Å². The largest absolute Gasteiger partial charge is 0.495 e. The highest BCUT2D eigenvalue weighted by Crippen LogP contribution is 2.35. The van der Waals surface area contributed by atoms with Gasteiger partial charge in [-0.2, -0.15) is 0 Å². The van der Waals surface area contributed by atoms with Gasteiger partial charge < -0.3 is 9.47 Å². The molecule has 1 aromatic carbocycles. The number of hydrogen-bond acceptors (Lipinski definition) is 4. The zero-order valence-corrected chi connectivity index (χ0v) is 10.4. The standard InChI is InChI=1S/C11H15NO4S/c1-15-9-6-3-7-10(11(9)17(12,13)14)16-8-4-2-5-8/h3,6-8H,2,4-5H2,1H3,(H2,12,13,14). The third-order valence-corrected chi connectivity index (χ3v) is 3.76. The van der Waals surface area contributed by atoms with E-state index in [1.807, 2.05) is 0 Å². The van der Waals surface area contributed by atoms with E-state index in [0.717, 1.165) is 19.3 Å². The molecule has 6 heteroatoms. The molecule has 1 aromatic rings. The molecule has 0 unspecified atom stereocenters. The van der Waals surface area contributed by atoms with E-state index in [1.165, 1.54) is 7.11 Å². The van der Waals surface area contributed by atoms with Gasteiger partial charge in [0, 0.05) is 0 Å². The molecule has 0 aliphatic heterocycles. The number of hydrogen-bond donors (Lipinski definition) is 1. The molecule has 1 aliphatic carbocycles. The van der Waals surface area contributed by atoms with Crippen LogP contribution in [0.15, 0.2) is 23.1 Å². The molecule has 5 nitrogen and oxygen atoms in total. The summed E-state index contributed by atoms with van der Waals surface area (Å²) in [6.07, 6.45) is 3.09. The maximum Gasteiger partial charge on any atom is 0.245 e. The van der Waals surface area contributed by atoms with Crippen LogP contribution in [0.2, 0.25) is 0 Å². The first kappa shape index (κ1) is 12.2. The molecule has 1 saturated carbocycles. The van der Waals surface area contributed by atoms with Gasteiger partial charge in [0.15, 0.2) is 4.90 Å². The molecule has 0 radical (unpaired) electrons. The van der Waals surface area contributed by atoms with Gasteiger partial charge in [-0.15, -0.1) is 0 Å². The van der Waals surface area contributed by atoms with Gasteiger partial charge in [-0.3, -0.25) is 0 Å². The average Bonchev–Trinajstić information content (AvgIpc) is 2.21. The van der Waals surface area contributed by atoms with Gasteiger partial charge in [0.2, 0.25) is 10.0 Å². The predicted molar refractivity (Wildman–Crippen MR) is 62.6 cm³/mol. The van der Waals surface area contributed by atoms with E-state index < -0.39 is 10.0 Å². The molecular formula is C11H15NO4S. The van der Waals surface area contributed by atoms with Gasteiger partial charge in [0.1, 0.15) is 11.5 Å². The van der Waals surface area contributed by atoms with Crippen LogP contribution in [0.1, 0.15) is 19.3 Å². The Kier molecular flexibility index (Phi) is 3.26. The van der Waals surface area contributed by atoms with Crippen LogP contribution >= 0.6 is 0 Å². The van der Waals surface area contributed by atoms with Crippen molar-refractivity contribution in [3.05, 3.63) is 18.2 Å². The fraction of sp³-hybridized carbons (Fsp3) is 0.455. The van der Waals surface area contributed by atoms with E-state index in [4.69, 9.17) is 14.6 Å². The third-order valence-electron chi connectivity index (χ3n) is 2.79. The Balaban J connectivity index is 2.42. The van der Waals surface area contributed by atoms with Crippen LogP contribution in [-0.2, 0) is 10.0 Å². The van der Waals surface area contributed by atoms with Crippen molar-refractivity contribution in [2.75, 3.05) is 7.11 Å². The zero-order chi connectivity index (χ0) is 12.5. The normalized spacial score (nSPS) is 16.4. The van der Waals surface area contributed by atoms with Gasteiger partial charge in [-0.25, -0.2) is 13.6 Å². The Morgan fingerprint density at radius 3 is 2.41 bits per heavy atom. The molecule has 0 bridgehead atoms. The Bertz CT molecular complexity index is 508. The van der Waals surface area contributed by atoms with E-state index in [0.29, 0.717) is 0 Å². The number of rotatable bonds is 4. The molecule has 1 aliphatic rings. The van der Waals surface area contributed by atoms with Crippen LogP contribution < -0.4 is 14.6 Å². The summed E-state index contributed by atoms with van der Waals surface area (Å²) < 4.78 is 33.7. The van der Waals surface area contributed by atoms with Crippen LogP contribution in [0.4, 0.5) is 0 Å². The first-order chi connectivity index (χ1) is 8.02. The minimum absolute atomic E-state index is 0.0746. The molecule has 0 amide bonds. The van der Waals surface area contributed by atoms with Gasteiger partial charge >= 0.3 is 0 Å². The number of primary sulfonamides is 1. The summed E-state index contributed by atoms with van der Waals surface area (Å²) in [6, 6.07) is 4.83. The predicted octanol–water partition coefficient (Wildman–Crippen LogP) is 1.27. The first-order valence-electron chi connectivity index (χ1n) is 5.39. The highest BCUT2D eigenvalue weighted by atomic mass is 32.2. The number of sulfonamides is 1. The molecule has 0 aromatic heterocycles. The van der Waals surface area contributed by atoms with Crippen LogP contribution in [0.3, 0.4) is 0 Å². The lowest BCUT2D eigenvalue weighted by atomic mass is 9.96. The smallest absolute Gasteiger partial charge is 0.245 e. The molecule has 2 rings (SSSR count). The van der Waals surface area contributed by atoms with Crippen molar-refractivity contribution < 1.29 is 17.9 Å². The third kappa shape index (κ3) is 2.53. The SMILES string of the molecule is COc1cccc(OC2CCC2)c1S(N)(=O)=O. The minimum Gasteiger partial charge on any atom is -0.495 e. The molecule has 1 fully saturated rings. The fourth-order valence-electron chi connectivity index (χ4n) is 1.70. The summed E-state index contributed by atoms with van der Waals surface area (Å²) in [5.74, 6) is 0.487. The average molecular weight is 257 g/mol. The van der Waals surface area contributed by atoms with Crippen molar-refractivity contribution in [3.8, 4) is 11.5 Å². The van der Waals surface area contributed by atoms with E-state index in [1.54, 1.807) is 18.2 Å². The fourth-order valence-corrected chi connectivity index (χ4v) is 2.53. The molecule has 0 saturated heterocycles. The molecule has 17 heavy (non-hydrogen) atoms. The molecule has 0 heterocycles. The van der Waals surface area contributed by atoms with E-state index >= 15 is 0 Å². The lowest BCUT2D eigenvalue weighted by Crippen LogP contribution is -2.26. The first-order valence-corrected chi connectivity index (χ1v) is 6.93. The maximum absolute atomic E-state index is 11.5. The molecular weight excluding hydrogens is 242 g/mol. The van der Waals surface area contributed by atoms with Gasteiger partial charge in [0.25, 0.3) is 0 Å². The highest BCUT2D eigenvalue weighted by molar-refractivity contribution is 7.89. The quantitative estimate of drug-likeness (QED) is 0.881. The maximum atomic E-state index is 11.5. The van der Waals surface area contributed by atoms with E-state index in [9.17, 15) is 8.42 Å². The second kappa shape index (κ2) is 4.54. The summed E-state index contributed by atoms with van der Waals surface area (Å²) >= 11 is 0. The van der Waals surface area contributed by atoms with Crippen LogP contribution in [-0.4, -0.2) is 21.6 Å². The van der Waals surface area contributed by atoms with Crippen LogP contribution in [0.25, 0.3) is 0 Å². The van der Waals surface area contributed by atoms with E-state index in [-0.39, 0.29) is 22.5 Å². The Labute approximate surface area is 101 Å². The van der Waals surface area contributed by atoms with Gasteiger partial charge in [0.05, 0.1) is 13.2 Å². The number of ether oxygens (including phenoxy) is 2. The van der Waals surface area contributed by atoms with Crippen LogP contribution in [0.5, 0.6) is 11.5 Å².